The molecule has 0 aliphatic carbocycles. The van der Waals surface area contributed by atoms with Crippen molar-refractivity contribution in [2.45, 2.75) is 45.1 Å². The van der Waals surface area contributed by atoms with Gasteiger partial charge in [-0.05, 0) is 62.4 Å². The Balaban J connectivity index is 1.52. The van der Waals surface area contributed by atoms with Crippen LogP contribution in [0.3, 0.4) is 0 Å². The number of nitrogens with zero attached hydrogens (tertiary/aromatic N) is 2. The zero-order valence-electron chi connectivity index (χ0n) is 16.1. The number of nitrogens with one attached hydrogen (secondary N) is 1. The van der Waals surface area contributed by atoms with E-state index in [0.29, 0.717) is 12.3 Å². The number of carbonyl (C=O) groups excluding carboxylic acids is 2. The minimum Gasteiger partial charge on any atom is -0.349 e. The van der Waals surface area contributed by atoms with Crippen molar-refractivity contribution >= 4 is 27.7 Å². The second kappa shape index (κ2) is 9.69. The number of piperidine rings is 1. The van der Waals surface area contributed by atoms with Crippen molar-refractivity contribution in [2.24, 2.45) is 5.92 Å². The fourth-order valence-electron chi connectivity index (χ4n) is 4.19. The molecule has 0 radical (unpaired) electrons. The SMILES string of the molecule is CC(=O)NC(CC(=O)N1CCC(CN2CCCC2)CC1)c1ccc(Br)cc1. The summed E-state index contributed by atoms with van der Waals surface area (Å²) in [7, 11) is 0. The summed E-state index contributed by atoms with van der Waals surface area (Å²) < 4.78 is 0.985. The largest absolute Gasteiger partial charge is 0.349 e. The molecule has 0 saturated carbocycles. The van der Waals surface area contributed by atoms with Gasteiger partial charge in [-0.1, -0.05) is 28.1 Å². The Morgan fingerprint density at radius 3 is 2.33 bits per heavy atom. The predicted octanol–water partition coefficient (Wildman–Crippen LogP) is 3.35. The number of rotatable bonds is 6. The Labute approximate surface area is 170 Å². The third-order valence-corrected chi connectivity index (χ3v) is 6.24. The van der Waals surface area contributed by atoms with Crippen LogP contribution in [0.4, 0.5) is 0 Å². The molecule has 1 unspecified atom stereocenters. The van der Waals surface area contributed by atoms with Crippen molar-refractivity contribution < 1.29 is 9.59 Å². The van der Waals surface area contributed by atoms with Crippen LogP contribution in [0.1, 0.15) is 50.6 Å². The number of hydrogen-bond acceptors (Lipinski definition) is 3. The topological polar surface area (TPSA) is 52.7 Å². The third kappa shape index (κ3) is 6.04. The Kier molecular flexibility index (Phi) is 7.30. The van der Waals surface area contributed by atoms with E-state index < -0.39 is 0 Å². The molecule has 2 heterocycles. The van der Waals surface area contributed by atoms with E-state index in [2.05, 4.69) is 26.1 Å². The zero-order chi connectivity index (χ0) is 19.2. The van der Waals surface area contributed by atoms with Gasteiger partial charge in [0.25, 0.3) is 0 Å². The van der Waals surface area contributed by atoms with Gasteiger partial charge in [-0.15, -0.1) is 0 Å². The fraction of sp³-hybridized carbons (Fsp3) is 0.619. The summed E-state index contributed by atoms with van der Waals surface area (Å²) in [6.45, 7) is 6.85. The summed E-state index contributed by atoms with van der Waals surface area (Å²) in [5.74, 6) is 0.737. The fourth-order valence-corrected chi connectivity index (χ4v) is 4.46. The van der Waals surface area contributed by atoms with Crippen LogP contribution >= 0.6 is 15.9 Å². The number of hydrogen-bond donors (Lipinski definition) is 1. The van der Waals surface area contributed by atoms with Crippen molar-refractivity contribution in [3.05, 3.63) is 34.3 Å². The van der Waals surface area contributed by atoms with Crippen LogP contribution in [-0.4, -0.2) is 54.3 Å². The Morgan fingerprint density at radius 1 is 1.11 bits per heavy atom. The van der Waals surface area contributed by atoms with Crippen molar-refractivity contribution in [3.8, 4) is 0 Å². The van der Waals surface area contributed by atoms with E-state index >= 15 is 0 Å². The van der Waals surface area contributed by atoms with Crippen LogP contribution in [0.2, 0.25) is 0 Å². The monoisotopic (exact) mass is 435 g/mol. The van der Waals surface area contributed by atoms with Gasteiger partial charge in [0.15, 0.2) is 0 Å². The number of likely N-dealkylation sites (tertiary alicyclic amines) is 2. The highest BCUT2D eigenvalue weighted by Crippen LogP contribution is 2.24. The Bertz CT molecular complexity index is 635. The van der Waals surface area contributed by atoms with Crippen LogP contribution in [0.5, 0.6) is 0 Å². The van der Waals surface area contributed by atoms with Crippen LogP contribution < -0.4 is 5.32 Å². The van der Waals surface area contributed by atoms with Gasteiger partial charge in [0.1, 0.15) is 0 Å². The maximum atomic E-state index is 12.8. The molecule has 148 valence electrons. The second-order valence-electron chi connectivity index (χ2n) is 7.84. The lowest BCUT2D eigenvalue weighted by Crippen LogP contribution is -2.42. The average Bonchev–Trinajstić information content (AvgIpc) is 3.15. The van der Waals surface area contributed by atoms with Crippen molar-refractivity contribution in [1.82, 2.24) is 15.1 Å². The summed E-state index contributed by atoms with van der Waals surface area (Å²) in [5.41, 5.74) is 0.964. The summed E-state index contributed by atoms with van der Waals surface area (Å²) in [6, 6.07) is 7.53. The van der Waals surface area contributed by atoms with Gasteiger partial charge in [0.05, 0.1) is 12.5 Å². The lowest BCUT2D eigenvalue weighted by molar-refractivity contribution is -0.133. The predicted molar refractivity (Wildman–Crippen MR) is 110 cm³/mol. The minimum atomic E-state index is -0.273. The standard InChI is InChI=1S/C21H30BrN3O2/c1-16(26)23-20(18-4-6-19(22)7-5-18)14-21(27)25-12-8-17(9-13-25)15-24-10-2-3-11-24/h4-7,17,20H,2-3,8-15H2,1H3,(H,23,26). The highest BCUT2D eigenvalue weighted by Gasteiger charge is 2.27. The van der Waals surface area contributed by atoms with Gasteiger partial charge in [-0.3, -0.25) is 9.59 Å². The van der Waals surface area contributed by atoms with Gasteiger partial charge < -0.3 is 15.1 Å². The molecule has 5 nitrogen and oxygen atoms in total. The lowest BCUT2D eigenvalue weighted by atomic mass is 9.95. The summed E-state index contributed by atoms with van der Waals surface area (Å²) in [4.78, 5) is 29.0. The summed E-state index contributed by atoms with van der Waals surface area (Å²) in [5, 5.41) is 2.93. The van der Waals surface area contributed by atoms with E-state index in [9.17, 15) is 9.59 Å². The first-order valence-electron chi connectivity index (χ1n) is 10.0. The smallest absolute Gasteiger partial charge is 0.224 e. The molecule has 2 aliphatic heterocycles. The van der Waals surface area contributed by atoms with E-state index in [1.165, 1.54) is 39.4 Å². The molecular weight excluding hydrogens is 406 g/mol. The van der Waals surface area contributed by atoms with E-state index in [-0.39, 0.29) is 17.9 Å². The van der Waals surface area contributed by atoms with Crippen LogP contribution in [0.15, 0.2) is 28.7 Å². The quantitative estimate of drug-likeness (QED) is 0.744. The molecule has 1 aromatic carbocycles. The molecule has 2 fully saturated rings. The number of carbonyl (C=O) groups is 2. The first-order valence-corrected chi connectivity index (χ1v) is 10.8. The van der Waals surface area contributed by atoms with Gasteiger partial charge in [-0.2, -0.15) is 0 Å². The summed E-state index contributed by atoms with van der Waals surface area (Å²) >= 11 is 3.43. The molecule has 1 aromatic rings. The highest BCUT2D eigenvalue weighted by molar-refractivity contribution is 9.10. The average molecular weight is 436 g/mol. The van der Waals surface area contributed by atoms with Gasteiger partial charge in [0.2, 0.25) is 11.8 Å². The van der Waals surface area contributed by atoms with Crippen molar-refractivity contribution in [1.29, 1.82) is 0 Å². The number of amides is 2. The molecule has 6 heteroatoms. The molecular formula is C21H30BrN3O2. The van der Waals surface area contributed by atoms with Crippen molar-refractivity contribution in [2.75, 3.05) is 32.7 Å². The van der Waals surface area contributed by atoms with Gasteiger partial charge in [0, 0.05) is 31.0 Å². The zero-order valence-corrected chi connectivity index (χ0v) is 17.7. The molecule has 0 spiro atoms. The molecule has 2 aliphatic rings. The van der Waals surface area contributed by atoms with Crippen molar-refractivity contribution in [3.63, 3.8) is 0 Å². The summed E-state index contributed by atoms with van der Waals surface area (Å²) in [6.07, 6.45) is 5.16. The van der Waals surface area contributed by atoms with E-state index in [4.69, 9.17) is 0 Å². The Morgan fingerprint density at radius 2 is 1.74 bits per heavy atom. The maximum absolute atomic E-state index is 12.8. The molecule has 3 rings (SSSR count). The van der Waals surface area contributed by atoms with Crippen LogP contribution in [0, 0.1) is 5.92 Å². The Hall–Kier alpha value is -1.40. The van der Waals surface area contributed by atoms with E-state index in [1.54, 1.807) is 0 Å². The number of halogens is 1. The number of benzene rings is 1. The first-order chi connectivity index (χ1) is 13.0. The molecule has 0 bridgehead atoms. The van der Waals surface area contributed by atoms with Crippen LogP contribution in [0.25, 0.3) is 0 Å². The minimum absolute atomic E-state index is 0.111. The molecule has 0 aromatic heterocycles. The second-order valence-corrected chi connectivity index (χ2v) is 8.76. The first kappa shape index (κ1) is 20.3. The maximum Gasteiger partial charge on any atom is 0.224 e. The van der Waals surface area contributed by atoms with Gasteiger partial charge in [-0.25, -0.2) is 0 Å². The lowest BCUT2D eigenvalue weighted by Gasteiger charge is -2.34. The normalized spacial score (nSPS) is 19.9. The van der Waals surface area contributed by atoms with Crippen LogP contribution in [-0.2, 0) is 9.59 Å². The van der Waals surface area contributed by atoms with E-state index in [0.717, 1.165) is 36.0 Å². The molecule has 1 atom stereocenters. The highest BCUT2D eigenvalue weighted by atomic mass is 79.9. The van der Waals surface area contributed by atoms with E-state index in [1.807, 2.05) is 29.2 Å². The molecule has 1 N–H and O–H groups in total. The third-order valence-electron chi connectivity index (χ3n) is 5.71. The van der Waals surface area contributed by atoms with Gasteiger partial charge >= 0.3 is 0 Å². The molecule has 2 saturated heterocycles. The molecule has 27 heavy (non-hydrogen) atoms. The molecule has 2 amide bonds.